The molecule has 10 heteroatoms. The van der Waals surface area contributed by atoms with E-state index in [0.29, 0.717) is 22.6 Å². The number of benzene rings is 3. The lowest BCUT2D eigenvalue weighted by Gasteiger charge is -2.28. The molecule has 200 valence electrons. The smallest absolute Gasteiger partial charge is 0.412 e. The van der Waals surface area contributed by atoms with E-state index in [1.807, 2.05) is 6.07 Å². The average molecular weight is 540 g/mol. The fraction of sp³-hybridized carbons (Fsp3) is 0.250. The van der Waals surface area contributed by atoms with Crippen molar-refractivity contribution in [1.29, 1.82) is 0 Å². The van der Waals surface area contributed by atoms with E-state index in [2.05, 4.69) is 17.9 Å². The molecule has 0 saturated heterocycles. The van der Waals surface area contributed by atoms with Gasteiger partial charge in [0.2, 0.25) is 0 Å². The Morgan fingerprint density at radius 2 is 1.71 bits per heavy atom. The summed E-state index contributed by atoms with van der Waals surface area (Å²) >= 11 is 3.92. The van der Waals surface area contributed by atoms with Crippen LogP contribution in [0.3, 0.4) is 0 Å². The fourth-order valence-electron chi connectivity index (χ4n) is 3.57. The molecule has 2 atom stereocenters. The van der Waals surface area contributed by atoms with Crippen LogP contribution in [-0.2, 0) is 14.3 Å². The molecule has 0 aliphatic carbocycles. The van der Waals surface area contributed by atoms with Crippen molar-refractivity contribution < 1.29 is 38.4 Å². The number of ketones is 1. The molecule has 0 aromatic heterocycles. The maximum Gasteiger partial charge on any atom is 0.412 e. The second-order valence-corrected chi connectivity index (χ2v) is 8.47. The van der Waals surface area contributed by atoms with Gasteiger partial charge >= 0.3 is 12.1 Å². The Balaban J connectivity index is 1.90. The Kier molecular flexibility index (Phi) is 10.4. The third kappa shape index (κ3) is 8.17. The summed E-state index contributed by atoms with van der Waals surface area (Å²) < 4.78 is 22.3. The summed E-state index contributed by atoms with van der Waals surface area (Å²) in [6.07, 6.45) is -2.48. The Morgan fingerprint density at radius 1 is 1.00 bits per heavy atom. The third-order valence-corrected chi connectivity index (χ3v) is 5.72. The molecule has 2 N–H and O–H groups in total. The first-order valence-electron chi connectivity index (χ1n) is 11.7. The molecule has 0 radical (unpaired) electrons. The van der Waals surface area contributed by atoms with Gasteiger partial charge in [-0.2, -0.15) is 12.6 Å². The molecule has 3 rings (SSSR count). The van der Waals surface area contributed by atoms with Gasteiger partial charge in [-0.15, -0.1) is 0 Å². The first-order valence-corrected chi connectivity index (χ1v) is 12.4. The van der Waals surface area contributed by atoms with Gasteiger partial charge in [0.1, 0.15) is 11.9 Å². The molecule has 38 heavy (non-hydrogen) atoms. The molecule has 0 heterocycles. The number of amides is 1. The molecule has 0 spiro atoms. The van der Waals surface area contributed by atoms with Gasteiger partial charge in [-0.3, -0.25) is 14.9 Å². The van der Waals surface area contributed by atoms with Crippen LogP contribution in [0.4, 0.5) is 10.5 Å². The van der Waals surface area contributed by atoms with E-state index >= 15 is 0 Å². The van der Waals surface area contributed by atoms with Gasteiger partial charge in [-0.1, -0.05) is 24.3 Å². The molecular weight excluding hydrogens is 510 g/mol. The van der Waals surface area contributed by atoms with E-state index < -0.39 is 24.3 Å². The number of aromatic hydroxyl groups is 1. The summed E-state index contributed by atoms with van der Waals surface area (Å²) in [7, 11) is 1.42. The van der Waals surface area contributed by atoms with Gasteiger partial charge in [0.15, 0.2) is 23.4 Å². The Bertz CT molecular complexity index is 1230. The molecular formula is C28H29NO8S. The lowest BCUT2D eigenvalue weighted by molar-refractivity contribution is -0.141. The minimum atomic E-state index is -1.03. The fourth-order valence-corrected chi connectivity index (χ4v) is 3.67. The highest BCUT2D eigenvalue weighted by Gasteiger charge is 2.30. The summed E-state index contributed by atoms with van der Waals surface area (Å²) in [5.74, 6) is -0.0911. The van der Waals surface area contributed by atoms with Crippen LogP contribution < -0.4 is 14.8 Å². The number of carbonyl (C=O) groups excluding carboxylic acids is 3. The molecule has 3 aromatic carbocycles. The molecule has 0 bridgehead atoms. The van der Waals surface area contributed by atoms with Crippen molar-refractivity contribution in [3.63, 3.8) is 0 Å². The monoisotopic (exact) mass is 539 g/mol. The summed E-state index contributed by atoms with van der Waals surface area (Å²) in [4.78, 5) is 36.2. The van der Waals surface area contributed by atoms with Crippen LogP contribution in [0.25, 0.3) is 0 Å². The summed E-state index contributed by atoms with van der Waals surface area (Å²) in [5, 5.41) is 13.0. The summed E-state index contributed by atoms with van der Waals surface area (Å²) in [5.41, 5.74) is 1.34. The maximum atomic E-state index is 13.0. The molecule has 9 nitrogen and oxygen atoms in total. The molecule has 0 aliphatic rings. The van der Waals surface area contributed by atoms with E-state index in [4.69, 9.17) is 18.9 Å². The number of thiol groups is 1. The van der Waals surface area contributed by atoms with Crippen molar-refractivity contribution in [1.82, 2.24) is 0 Å². The first-order chi connectivity index (χ1) is 18.3. The highest BCUT2D eigenvalue weighted by molar-refractivity contribution is 7.81. The molecule has 3 aromatic rings. The van der Waals surface area contributed by atoms with E-state index in [0.717, 1.165) is 0 Å². The number of nitrogens with one attached hydrogen (secondary N) is 1. The van der Waals surface area contributed by atoms with Crippen molar-refractivity contribution in [3.05, 3.63) is 83.9 Å². The third-order valence-electron chi connectivity index (χ3n) is 5.47. The van der Waals surface area contributed by atoms with Crippen LogP contribution in [0.1, 0.15) is 35.4 Å². The van der Waals surface area contributed by atoms with Crippen LogP contribution in [-0.4, -0.2) is 48.5 Å². The number of carbonyl (C=O) groups is 3. The zero-order valence-electron chi connectivity index (χ0n) is 21.0. The Labute approximate surface area is 226 Å². The van der Waals surface area contributed by atoms with Crippen LogP contribution in [0.15, 0.2) is 72.8 Å². The molecule has 0 unspecified atom stereocenters. The van der Waals surface area contributed by atoms with Gasteiger partial charge < -0.3 is 24.1 Å². The standard InChI is InChI=1S/C28H29NO8S/c1-18(30)19-8-11-21(12-9-19)29-28(33)37-27(20-10-13-24(34-2)23(31)16-20)25(14-15-35-26(32)17-38)36-22-6-4-3-5-7-22/h3-13,16,25,27,31,38H,14-15,17H2,1-2H3,(H,29,33)/t25-,27-/m0/s1. The Morgan fingerprint density at radius 3 is 2.32 bits per heavy atom. The highest BCUT2D eigenvalue weighted by Crippen LogP contribution is 2.34. The summed E-state index contributed by atoms with van der Waals surface area (Å²) in [6, 6.07) is 19.8. The van der Waals surface area contributed by atoms with Crippen LogP contribution in [0, 0.1) is 0 Å². The lowest BCUT2D eigenvalue weighted by Crippen LogP contribution is -2.32. The zero-order valence-corrected chi connectivity index (χ0v) is 21.9. The van der Waals surface area contributed by atoms with Crippen LogP contribution in [0.5, 0.6) is 17.2 Å². The number of esters is 1. The largest absolute Gasteiger partial charge is 0.504 e. The Hall–Kier alpha value is -4.18. The predicted octanol–water partition coefficient (Wildman–Crippen LogP) is 5.20. The van der Waals surface area contributed by atoms with Crippen LogP contribution >= 0.6 is 12.6 Å². The number of phenolic OH excluding ortho intramolecular Hbond substituents is 1. The number of rotatable bonds is 12. The van der Waals surface area contributed by atoms with Gasteiger partial charge in [-0.25, -0.2) is 4.79 Å². The molecule has 0 saturated carbocycles. The van der Waals surface area contributed by atoms with Crippen molar-refractivity contribution >= 4 is 36.2 Å². The molecule has 1 amide bonds. The van der Waals surface area contributed by atoms with E-state index in [1.54, 1.807) is 60.7 Å². The van der Waals surface area contributed by atoms with E-state index in [-0.39, 0.29) is 36.1 Å². The average Bonchev–Trinajstić information content (AvgIpc) is 2.92. The first kappa shape index (κ1) is 28.4. The van der Waals surface area contributed by atoms with E-state index in [1.165, 1.54) is 20.1 Å². The number of para-hydroxylation sites is 1. The van der Waals surface area contributed by atoms with Crippen molar-refractivity contribution in [2.24, 2.45) is 0 Å². The zero-order chi connectivity index (χ0) is 27.5. The predicted molar refractivity (Wildman–Crippen MR) is 144 cm³/mol. The van der Waals surface area contributed by atoms with Gasteiger partial charge in [0.25, 0.3) is 0 Å². The number of Topliss-reactive ketones (excluding diaryl/α,β-unsaturated/α-hetero) is 1. The topological polar surface area (TPSA) is 120 Å². The summed E-state index contributed by atoms with van der Waals surface area (Å²) in [6.45, 7) is 1.43. The number of hydrogen-bond acceptors (Lipinski definition) is 9. The minimum absolute atomic E-state index is 0.0208. The van der Waals surface area contributed by atoms with Gasteiger partial charge in [0.05, 0.1) is 19.5 Å². The van der Waals surface area contributed by atoms with Gasteiger partial charge in [-0.05, 0) is 55.5 Å². The second kappa shape index (κ2) is 13.9. The van der Waals surface area contributed by atoms with Crippen molar-refractivity contribution in [2.75, 3.05) is 24.8 Å². The number of methoxy groups -OCH3 is 1. The number of phenols is 1. The number of ether oxygens (including phenoxy) is 4. The SMILES string of the molecule is COc1ccc([C@H](OC(=O)Nc2ccc(C(C)=O)cc2)[C@H](CCOC(=O)CS)Oc2ccccc2)cc1O. The van der Waals surface area contributed by atoms with Crippen molar-refractivity contribution in [2.45, 2.75) is 25.6 Å². The maximum absolute atomic E-state index is 13.0. The second-order valence-electron chi connectivity index (χ2n) is 8.15. The molecule has 0 fully saturated rings. The minimum Gasteiger partial charge on any atom is -0.504 e. The quantitative estimate of drug-likeness (QED) is 0.163. The normalized spacial score (nSPS) is 12.1. The van der Waals surface area contributed by atoms with Crippen LogP contribution in [0.2, 0.25) is 0 Å². The number of anilines is 1. The van der Waals surface area contributed by atoms with Gasteiger partial charge in [0, 0.05) is 23.2 Å². The number of hydrogen-bond donors (Lipinski definition) is 3. The van der Waals surface area contributed by atoms with Crippen molar-refractivity contribution in [3.8, 4) is 17.2 Å². The molecule has 0 aliphatic heterocycles. The lowest BCUT2D eigenvalue weighted by atomic mass is 10.0. The highest BCUT2D eigenvalue weighted by atomic mass is 32.1. The van der Waals surface area contributed by atoms with E-state index in [9.17, 15) is 19.5 Å².